The molecule has 0 spiro atoms. The van der Waals surface area contributed by atoms with Gasteiger partial charge in [0, 0.05) is 25.5 Å². The number of nitrogens with zero attached hydrogens (tertiary/aromatic N) is 3. The van der Waals surface area contributed by atoms with Gasteiger partial charge in [-0.25, -0.2) is 9.97 Å². The summed E-state index contributed by atoms with van der Waals surface area (Å²) < 4.78 is 5.66. The molecule has 1 atom stereocenters. The summed E-state index contributed by atoms with van der Waals surface area (Å²) in [5.74, 6) is 1.09. The first-order valence-electron chi connectivity index (χ1n) is 8.65. The molecule has 2 aliphatic rings. The van der Waals surface area contributed by atoms with E-state index in [1.54, 1.807) is 18.5 Å². The van der Waals surface area contributed by atoms with E-state index in [0.717, 1.165) is 32.2 Å². The molecule has 0 amide bonds. The Morgan fingerprint density at radius 1 is 1.12 bits per heavy atom. The lowest BCUT2D eigenvalue weighted by molar-refractivity contribution is -0.139. The minimum atomic E-state index is -0.145. The van der Waals surface area contributed by atoms with Crippen LogP contribution in [-0.2, 0) is 17.6 Å². The van der Waals surface area contributed by atoms with E-state index in [0.29, 0.717) is 18.2 Å². The van der Waals surface area contributed by atoms with Gasteiger partial charge in [0.25, 0.3) is 0 Å². The third kappa shape index (κ3) is 3.11. The highest BCUT2D eigenvalue weighted by atomic mass is 16.5. The molecule has 1 aromatic carbocycles. The van der Waals surface area contributed by atoms with Crippen LogP contribution in [0.2, 0.25) is 0 Å². The largest absolute Gasteiger partial charge is 0.426 e. The zero-order chi connectivity index (χ0) is 16.4. The topological polar surface area (TPSA) is 55.3 Å². The van der Waals surface area contributed by atoms with E-state index >= 15 is 0 Å². The van der Waals surface area contributed by atoms with Crippen molar-refractivity contribution in [2.24, 2.45) is 5.92 Å². The van der Waals surface area contributed by atoms with Crippen LogP contribution >= 0.6 is 0 Å². The smallest absolute Gasteiger partial charge is 0.316 e. The SMILES string of the molecule is O=C(Oc1ccc2c(c1)CCC2)C1CCCN(c2ncccn2)C1. The molecule has 1 aromatic heterocycles. The van der Waals surface area contributed by atoms with Crippen molar-refractivity contribution in [3.8, 4) is 5.75 Å². The Morgan fingerprint density at radius 3 is 2.83 bits per heavy atom. The zero-order valence-electron chi connectivity index (χ0n) is 13.6. The number of ether oxygens (including phenoxy) is 1. The fraction of sp³-hybridized carbons (Fsp3) is 0.421. The average molecular weight is 323 g/mol. The van der Waals surface area contributed by atoms with Crippen molar-refractivity contribution in [1.29, 1.82) is 0 Å². The molecule has 5 heteroatoms. The second kappa shape index (κ2) is 6.59. The second-order valence-electron chi connectivity index (χ2n) is 6.54. The van der Waals surface area contributed by atoms with Gasteiger partial charge >= 0.3 is 5.97 Å². The molecule has 1 saturated heterocycles. The minimum Gasteiger partial charge on any atom is -0.426 e. The lowest BCUT2D eigenvalue weighted by atomic mass is 9.98. The summed E-state index contributed by atoms with van der Waals surface area (Å²) in [4.78, 5) is 23.2. The number of anilines is 1. The molecular weight excluding hydrogens is 302 g/mol. The lowest BCUT2D eigenvalue weighted by Crippen LogP contribution is -2.41. The molecule has 2 aromatic rings. The van der Waals surface area contributed by atoms with Gasteiger partial charge in [0.15, 0.2) is 0 Å². The Bertz CT molecular complexity index is 733. The summed E-state index contributed by atoms with van der Waals surface area (Å²) >= 11 is 0. The molecule has 124 valence electrons. The van der Waals surface area contributed by atoms with Crippen molar-refractivity contribution in [1.82, 2.24) is 9.97 Å². The number of esters is 1. The third-order valence-electron chi connectivity index (χ3n) is 4.88. The Balaban J connectivity index is 1.42. The third-order valence-corrected chi connectivity index (χ3v) is 4.88. The van der Waals surface area contributed by atoms with E-state index < -0.39 is 0 Å². The molecule has 4 rings (SSSR count). The molecule has 0 N–H and O–H groups in total. The number of fused-ring (bicyclic) bond motifs is 1. The first-order chi connectivity index (χ1) is 11.8. The number of aromatic nitrogens is 2. The van der Waals surface area contributed by atoms with Gasteiger partial charge in [0.05, 0.1) is 5.92 Å². The summed E-state index contributed by atoms with van der Waals surface area (Å²) in [6.45, 7) is 1.50. The molecule has 1 unspecified atom stereocenters. The van der Waals surface area contributed by atoms with Crippen molar-refractivity contribution < 1.29 is 9.53 Å². The number of carbonyl (C=O) groups is 1. The van der Waals surface area contributed by atoms with Gasteiger partial charge in [-0.05, 0) is 61.4 Å². The molecule has 0 saturated carbocycles. The Hall–Kier alpha value is -2.43. The number of benzene rings is 1. The standard InChI is InChI=1S/C19H21N3O2/c23-18(24-17-8-7-14-4-1-5-15(14)12-17)16-6-2-11-22(13-16)19-20-9-3-10-21-19/h3,7-10,12,16H,1-2,4-6,11,13H2. The summed E-state index contributed by atoms with van der Waals surface area (Å²) in [5, 5.41) is 0. The number of hydrogen-bond donors (Lipinski definition) is 0. The van der Waals surface area contributed by atoms with Crippen LogP contribution in [0.25, 0.3) is 0 Å². The van der Waals surface area contributed by atoms with E-state index in [1.807, 2.05) is 12.1 Å². The Kier molecular flexibility index (Phi) is 4.15. The van der Waals surface area contributed by atoms with Gasteiger partial charge in [-0.1, -0.05) is 6.07 Å². The number of hydrogen-bond acceptors (Lipinski definition) is 5. The monoisotopic (exact) mass is 323 g/mol. The molecule has 2 heterocycles. The quantitative estimate of drug-likeness (QED) is 0.642. The van der Waals surface area contributed by atoms with Crippen LogP contribution in [0.3, 0.4) is 0 Å². The number of piperidine rings is 1. The van der Waals surface area contributed by atoms with Crippen LogP contribution < -0.4 is 9.64 Å². The fourth-order valence-electron chi connectivity index (χ4n) is 3.62. The second-order valence-corrected chi connectivity index (χ2v) is 6.54. The van der Waals surface area contributed by atoms with Gasteiger partial charge < -0.3 is 9.64 Å². The zero-order valence-corrected chi connectivity index (χ0v) is 13.6. The van der Waals surface area contributed by atoms with Gasteiger partial charge in [-0.15, -0.1) is 0 Å². The predicted octanol–water partition coefficient (Wildman–Crippen LogP) is 2.79. The number of aryl methyl sites for hydroxylation is 2. The van der Waals surface area contributed by atoms with Gasteiger partial charge in [-0.3, -0.25) is 4.79 Å². The van der Waals surface area contributed by atoms with Crippen LogP contribution in [0.5, 0.6) is 5.75 Å². The minimum absolute atomic E-state index is 0.129. The van der Waals surface area contributed by atoms with E-state index in [4.69, 9.17) is 4.74 Å². The fourth-order valence-corrected chi connectivity index (χ4v) is 3.62. The van der Waals surface area contributed by atoms with Crippen molar-refractivity contribution in [3.05, 3.63) is 47.8 Å². The summed E-state index contributed by atoms with van der Waals surface area (Å²) in [5.41, 5.74) is 2.71. The summed E-state index contributed by atoms with van der Waals surface area (Å²) in [6.07, 6.45) is 8.68. The first-order valence-corrected chi connectivity index (χ1v) is 8.65. The molecule has 5 nitrogen and oxygen atoms in total. The molecule has 1 aliphatic heterocycles. The maximum Gasteiger partial charge on any atom is 0.316 e. The van der Waals surface area contributed by atoms with E-state index in [9.17, 15) is 4.79 Å². The molecule has 0 bridgehead atoms. The van der Waals surface area contributed by atoms with Gasteiger partial charge in [0.2, 0.25) is 5.95 Å². The van der Waals surface area contributed by atoms with Crippen LogP contribution in [0.15, 0.2) is 36.7 Å². The summed E-state index contributed by atoms with van der Waals surface area (Å²) in [6, 6.07) is 7.84. The van der Waals surface area contributed by atoms with Crippen molar-refractivity contribution >= 4 is 11.9 Å². The number of rotatable bonds is 3. The molecule has 1 aliphatic carbocycles. The highest BCUT2D eigenvalue weighted by molar-refractivity contribution is 5.76. The first kappa shape index (κ1) is 15.1. The Labute approximate surface area is 141 Å². The highest BCUT2D eigenvalue weighted by Gasteiger charge is 2.28. The van der Waals surface area contributed by atoms with Crippen molar-refractivity contribution in [2.45, 2.75) is 32.1 Å². The predicted molar refractivity (Wildman–Crippen MR) is 91.1 cm³/mol. The average Bonchev–Trinajstić information content (AvgIpc) is 3.10. The van der Waals surface area contributed by atoms with Gasteiger partial charge in [-0.2, -0.15) is 0 Å². The van der Waals surface area contributed by atoms with Crippen molar-refractivity contribution in [3.63, 3.8) is 0 Å². The van der Waals surface area contributed by atoms with Crippen LogP contribution in [0.4, 0.5) is 5.95 Å². The molecule has 24 heavy (non-hydrogen) atoms. The van der Waals surface area contributed by atoms with Crippen molar-refractivity contribution in [2.75, 3.05) is 18.0 Å². The molecular formula is C19H21N3O2. The van der Waals surface area contributed by atoms with E-state index in [-0.39, 0.29) is 11.9 Å². The van der Waals surface area contributed by atoms with Crippen LogP contribution in [0.1, 0.15) is 30.4 Å². The highest BCUT2D eigenvalue weighted by Crippen LogP contribution is 2.27. The number of carbonyl (C=O) groups excluding carboxylic acids is 1. The summed E-state index contributed by atoms with van der Waals surface area (Å²) in [7, 11) is 0. The molecule has 1 fully saturated rings. The lowest BCUT2D eigenvalue weighted by Gasteiger charge is -2.31. The van der Waals surface area contributed by atoms with Gasteiger partial charge in [0.1, 0.15) is 5.75 Å². The maximum atomic E-state index is 12.6. The van der Waals surface area contributed by atoms with E-state index in [1.165, 1.54) is 17.5 Å². The van der Waals surface area contributed by atoms with Crippen LogP contribution in [-0.4, -0.2) is 29.0 Å². The van der Waals surface area contributed by atoms with E-state index in [2.05, 4.69) is 20.9 Å². The Morgan fingerprint density at radius 2 is 1.96 bits per heavy atom. The molecule has 0 radical (unpaired) electrons. The normalized spacial score (nSPS) is 19.8. The van der Waals surface area contributed by atoms with Crippen LogP contribution in [0, 0.1) is 5.92 Å². The maximum absolute atomic E-state index is 12.6.